The topological polar surface area (TPSA) is 67.2 Å². The Labute approximate surface area is 127 Å². The van der Waals surface area contributed by atoms with E-state index < -0.39 is 0 Å². The first kappa shape index (κ1) is 17.7. The van der Waals surface area contributed by atoms with E-state index in [2.05, 4.69) is 24.3 Å². The molecule has 0 bridgehead atoms. The summed E-state index contributed by atoms with van der Waals surface area (Å²) >= 11 is 0. The Bertz CT molecular complexity index is 450. The average Bonchev–Trinajstić information content (AvgIpc) is 2.82. The fourth-order valence-corrected chi connectivity index (χ4v) is 2.36. The van der Waals surface area contributed by atoms with Crippen LogP contribution in [0.15, 0.2) is 6.07 Å². The highest BCUT2D eigenvalue weighted by atomic mass is 16.3. The molecule has 1 aromatic rings. The molecule has 0 saturated heterocycles. The summed E-state index contributed by atoms with van der Waals surface area (Å²) in [7, 11) is 0. The second-order valence-electron chi connectivity index (χ2n) is 5.94. The van der Waals surface area contributed by atoms with Gasteiger partial charge in [0.15, 0.2) is 0 Å². The molecule has 0 spiro atoms. The van der Waals surface area contributed by atoms with Gasteiger partial charge in [-0.05, 0) is 38.2 Å². The van der Waals surface area contributed by atoms with E-state index in [1.807, 2.05) is 31.5 Å². The van der Waals surface area contributed by atoms with Gasteiger partial charge in [0.2, 0.25) is 0 Å². The first-order chi connectivity index (χ1) is 9.90. The molecule has 0 radical (unpaired) electrons. The van der Waals surface area contributed by atoms with Crippen molar-refractivity contribution in [2.75, 3.05) is 6.54 Å². The zero-order chi connectivity index (χ0) is 16.0. The third kappa shape index (κ3) is 4.84. The van der Waals surface area contributed by atoms with Crippen LogP contribution in [0, 0.1) is 12.8 Å². The smallest absolute Gasteiger partial charge is 0.269 e. The summed E-state index contributed by atoms with van der Waals surface area (Å²) in [6.45, 7) is 10.5. The first-order valence-electron chi connectivity index (χ1n) is 7.93. The minimum atomic E-state index is -0.379. The first-order valence-corrected chi connectivity index (χ1v) is 7.93. The van der Waals surface area contributed by atoms with E-state index >= 15 is 0 Å². The summed E-state index contributed by atoms with van der Waals surface area (Å²) in [5.74, 6) is 0.0951. The highest BCUT2D eigenvalue weighted by molar-refractivity contribution is 5.92. The lowest BCUT2D eigenvalue weighted by molar-refractivity contribution is 0.0907. The van der Waals surface area contributed by atoms with E-state index in [1.165, 1.54) is 0 Å². The van der Waals surface area contributed by atoms with Crippen LogP contribution in [-0.2, 0) is 0 Å². The number of aliphatic hydroxyl groups excluding tert-OH is 1. The number of amides is 1. The standard InChI is InChI=1S/C16H29N3O2/c1-6-13(7-2)19-14(10-12(5)18-19)16(21)17-9-8-15(20)11(3)4/h10-11,13,15,20H,6-9H2,1-5H3,(H,17,21). The molecule has 0 aliphatic carbocycles. The normalized spacial score (nSPS) is 13.0. The zero-order valence-electron chi connectivity index (χ0n) is 13.9. The second-order valence-corrected chi connectivity index (χ2v) is 5.94. The maximum atomic E-state index is 12.3. The lowest BCUT2D eigenvalue weighted by Gasteiger charge is -2.17. The van der Waals surface area contributed by atoms with Crippen molar-refractivity contribution in [1.82, 2.24) is 15.1 Å². The van der Waals surface area contributed by atoms with Crippen molar-refractivity contribution in [3.63, 3.8) is 0 Å². The summed E-state index contributed by atoms with van der Waals surface area (Å²) in [4.78, 5) is 12.3. The molecule has 0 aliphatic rings. The molecular weight excluding hydrogens is 266 g/mol. The fraction of sp³-hybridized carbons (Fsp3) is 0.750. The van der Waals surface area contributed by atoms with Gasteiger partial charge < -0.3 is 10.4 Å². The van der Waals surface area contributed by atoms with Crippen molar-refractivity contribution < 1.29 is 9.90 Å². The van der Waals surface area contributed by atoms with Gasteiger partial charge in [-0.15, -0.1) is 0 Å². The van der Waals surface area contributed by atoms with Gasteiger partial charge in [-0.25, -0.2) is 0 Å². The molecule has 0 aromatic carbocycles. The molecule has 120 valence electrons. The lowest BCUT2D eigenvalue weighted by Crippen LogP contribution is -2.31. The number of hydrogen-bond donors (Lipinski definition) is 2. The number of aliphatic hydroxyl groups is 1. The summed E-state index contributed by atoms with van der Waals surface area (Å²) in [5, 5.41) is 17.1. The van der Waals surface area contributed by atoms with E-state index in [4.69, 9.17) is 0 Å². The van der Waals surface area contributed by atoms with Gasteiger partial charge in [-0.1, -0.05) is 27.7 Å². The number of aromatic nitrogens is 2. The number of nitrogens with zero attached hydrogens (tertiary/aromatic N) is 2. The highest BCUT2D eigenvalue weighted by Crippen LogP contribution is 2.18. The Hall–Kier alpha value is -1.36. The van der Waals surface area contributed by atoms with Crippen LogP contribution in [0.5, 0.6) is 0 Å². The van der Waals surface area contributed by atoms with Crippen molar-refractivity contribution in [2.24, 2.45) is 5.92 Å². The molecule has 0 fully saturated rings. The summed E-state index contributed by atoms with van der Waals surface area (Å²) in [5.41, 5.74) is 1.47. The molecule has 5 nitrogen and oxygen atoms in total. The van der Waals surface area contributed by atoms with Gasteiger partial charge in [0.25, 0.3) is 5.91 Å². The SMILES string of the molecule is CCC(CC)n1nc(C)cc1C(=O)NCCC(O)C(C)C. The van der Waals surface area contributed by atoms with E-state index in [1.54, 1.807) is 0 Å². The summed E-state index contributed by atoms with van der Waals surface area (Å²) < 4.78 is 1.84. The van der Waals surface area contributed by atoms with Crippen molar-refractivity contribution in [1.29, 1.82) is 0 Å². The Kier molecular flexibility index (Phi) is 6.89. The second kappa shape index (κ2) is 8.17. The maximum Gasteiger partial charge on any atom is 0.269 e. The Balaban J connectivity index is 2.70. The van der Waals surface area contributed by atoms with Crippen molar-refractivity contribution in [3.05, 3.63) is 17.5 Å². The molecule has 1 heterocycles. The molecule has 0 saturated carbocycles. The monoisotopic (exact) mass is 295 g/mol. The molecule has 21 heavy (non-hydrogen) atoms. The van der Waals surface area contributed by atoms with Gasteiger partial charge in [0.1, 0.15) is 5.69 Å². The van der Waals surface area contributed by atoms with Crippen molar-refractivity contribution >= 4 is 5.91 Å². The number of carbonyl (C=O) groups is 1. The van der Waals surface area contributed by atoms with Crippen LogP contribution in [0.3, 0.4) is 0 Å². The number of hydrogen-bond acceptors (Lipinski definition) is 3. The molecule has 1 amide bonds. The number of carbonyl (C=O) groups excluding carboxylic acids is 1. The lowest BCUT2D eigenvalue weighted by atomic mass is 10.0. The summed E-state index contributed by atoms with van der Waals surface area (Å²) in [6.07, 6.45) is 2.09. The zero-order valence-corrected chi connectivity index (χ0v) is 13.9. The molecule has 1 unspecified atom stereocenters. The van der Waals surface area contributed by atoms with Crippen LogP contribution in [0.25, 0.3) is 0 Å². The van der Waals surface area contributed by atoms with Gasteiger partial charge in [-0.3, -0.25) is 9.48 Å². The predicted octanol–water partition coefficient (Wildman–Crippen LogP) is 2.69. The van der Waals surface area contributed by atoms with E-state index in [9.17, 15) is 9.90 Å². The Morgan fingerprint density at radius 2 is 2.00 bits per heavy atom. The average molecular weight is 295 g/mol. The van der Waals surface area contributed by atoms with Crippen molar-refractivity contribution in [2.45, 2.75) is 66.0 Å². The highest BCUT2D eigenvalue weighted by Gasteiger charge is 2.19. The molecular formula is C16H29N3O2. The van der Waals surface area contributed by atoms with Crippen LogP contribution < -0.4 is 5.32 Å². The Morgan fingerprint density at radius 1 is 1.38 bits per heavy atom. The molecule has 1 atom stereocenters. The van der Waals surface area contributed by atoms with E-state index in [-0.39, 0.29) is 24.0 Å². The van der Waals surface area contributed by atoms with Gasteiger partial charge >= 0.3 is 0 Å². The fourth-order valence-electron chi connectivity index (χ4n) is 2.36. The van der Waals surface area contributed by atoms with E-state index in [0.717, 1.165) is 18.5 Å². The molecule has 1 aromatic heterocycles. The van der Waals surface area contributed by atoms with Crippen LogP contribution in [0.2, 0.25) is 0 Å². The Morgan fingerprint density at radius 3 is 2.52 bits per heavy atom. The van der Waals surface area contributed by atoms with Crippen LogP contribution >= 0.6 is 0 Å². The molecule has 0 aliphatic heterocycles. The maximum absolute atomic E-state index is 12.3. The van der Waals surface area contributed by atoms with Crippen LogP contribution in [-0.4, -0.2) is 33.4 Å². The van der Waals surface area contributed by atoms with E-state index in [0.29, 0.717) is 18.7 Å². The van der Waals surface area contributed by atoms with Crippen molar-refractivity contribution in [3.8, 4) is 0 Å². The van der Waals surface area contributed by atoms with Gasteiger partial charge in [-0.2, -0.15) is 5.10 Å². The third-order valence-corrected chi connectivity index (χ3v) is 3.87. The van der Waals surface area contributed by atoms with Crippen LogP contribution in [0.4, 0.5) is 0 Å². The minimum absolute atomic E-state index is 0.113. The molecule has 5 heteroatoms. The third-order valence-electron chi connectivity index (χ3n) is 3.87. The van der Waals surface area contributed by atoms with Gasteiger partial charge in [0, 0.05) is 6.54 Å². The quantitative estimate of drug-likeness (QED) is 0.775. The summed E-state index contributed by atoms with van der Waals surface area (Å²) in [6, 6.07) is 2.08. The largest absolute Gasteiger partial charge is 0.393 e. The predicted molar refractivity (Wildman–Crippen MR) is 84.4 cm³/mol. The number of aryl methyl sites for hydroxylation is 1. The van der Waals surface area contributed by atoms with Crippen LogP contribution in [0.1, 0.15) is 69.2 Å². The molecule has 2 N–H and O–H groups in total. The minimum Gasteiger partial charge on any atom is -0.393 e. The van der Waals surface area contributed by atoms with Gasteiger partial charge in [0.05, 0.1) is 17.8 Å². The number of nitrogens with one attached hydrogen (secondary N) is 1. The number of rotatable bonds is 8. The molecule has 1 rings (SSSR count).